The number of hydrogen-bond donors (Lipinski definition) is 0. The van der Waals surface area contributed by atoms with Gasteiger partial charge >= 0.3 is 11.9 Å². The van der Waals surface area contributed by atoms with E-state index >= 15 is 0 Å². The minimum absolute atomic E-state index is 0.0747. The number of esters is 1. The molecule has 2 aliphatic heterocycles. The lowest BCUT2D eigenvalue weighted by molar-refractivity contribution is -0.352. The maximum absolute atomic E-state index is 13.2. The number of methoxy groups -OCH3 is 1. The van der Waals surface area contributed by atoms with Crippen LogP contribution in [-0.4, -0.2) is 30.6 Å². The van der Waals surface area contributed by atoms with Crippen LogP contribution in [-0.2, 0) is 36.3 Å². The molecule has 4 rings (SSSR count). The molecule has 146 valence electrons. The molecule has 2 bridgehead atoms. The molecule has 0 unspecified atom stereocenters. The molecule has 6 heteroatoms. The summed E-state index contributed by atoms with van der Waals surface area (Å²) in [5.74, 6) is -2.97. The number of ether oxygens (including phenoxy) is 4. The second kappa shape index (κ2) is 6.81. The molecule has 0 N–H and O–H groups in total. The van der Waals surface area contributed by atoms with E-state index in [-0.39, 0.29) is 12.4 Å². The van der Waals surface area contributed by atoms with Crippen LogP contribution in [0.5, 0.6) is 0 Å². The van der Waals surface area contributed by atoms with E-state index in [1.165, 1.54) is 7.11 Å². The van der Waals surface area contributed by atoms with E-state index in [0.29, 0.717) is 11.1 Å². The molecule has 2 heterocycles. The molecule has 2 aromatic carbocycles. The summed E-state index contributed by atoms with van der Waals surface area (Å²) in [5, 5.41) is 0. The highest BCUT2D eigenvalue weighted by molar-refractivity contribution is 6.06. The van der Waals surface area contributed by atoms with Gasteiger partial charge in [0.2, 0.25) is 5.60 Å². The van der Waals surface area contributed by atoms with Crippen LogP contribution in [0.25, 0.3) is 0 Å². The summed E-state index contributed by atoms with van der Waals surface area (Å²) in [7, 11) is 1.43. The fraction of sp³-hybridized carbons (Fsp3) is 0.364. The highest BCUT2D eigenvalue weighted by Crippen LogP contribution is 2.52. The van der Waals surface area contributed by atoms with Crippen molar-refractivity contribution >= 4 is 11.8 Å². The summed E-state index contributed by atoms with van der Waals surface area (Å²) in [6.45, 7) is 3.68. The minimum atomic E-state index is -1.62. The fourth-order valence-electron chi connectivity index (χ4n) is 3.86. The molecule has 6 nitrogen and oxygen atoms in total. The molecule has 0 spiro atoms. The van der Waals surface area contributed by atoms with Gasteiger partial charge in [0, 0.05) is 12.7 Å². The number of fused-ring (bicyclic) bond motifs is 4. The van der Waals surface area contributed by atoms with Crippen molar-refractivity contribution in [3.8, 4) is 0 Å². The van der Waals surface area contributed by atoms with E-state index in [2.05, 4.69) is 0 Å². The number of Topliss-reactive ketones (excluding diaryl/α,β-unsaturated/α-hetero) is 1. The predicted octanol–water partition coefficient (Wildman–Crippen LogP) is 3.19. The maximum Gasteiger partial charge on any atom is 0.342 e. The third-order valence-corrected chi connectivity index (χ3v) is 5.38. The van der Waals surface area contributed by atoms with Crippen molar-refractivity contribution in [1.82, 2.24) is 0 Å². The molecule has 0 amide bonds. The van der Waals surface area contributed by atoms with Crippen LogP contribution < -0.4 is 0 Å². The summed E-state index contributed by atoms with van der Waals surface area (Å²) in [5.41, 5.74) is 0.116. The summed E-state index contributed by atoms with van der Waals surface area (Å²) in [4.78, 5) is 26.4. The standard InChI is InChI=1S/C22H22O6/c1-14(2)21(20(24)26-13-15-9-5-4-6-10-15)19-18(23)16-11-7-8-12-17(16)22(25-3,27-19)28-21/h4-12,14,19H,13H2,1-3H3/t19-,21-,22+/m1/s1. The highest BCUT2D eigenvalue weighted by Gasteiger charge is 2.70. The van der Waals surface area contributed by atoms with Gasteiger partial charge in [-0.05, 0) is 11.5 Å². The number of carbonyl (C=O) groups excluding carboxylic acids is 2. The van der Waals surface area contributed by atoms with Gasteiger partial charge in [-0.3, -0.25) is 4.79 Å². The first kappa shape index (κ1) is 18.8. The van der Waals surface area contributed by atoms with E-state index in [1.807, 2.05) is 30.3 Å². The number of benzene rings is 2. The zero-order valence-corrected chi connectivity index (χ0v) is 16.0. The van der Waals surface area contributed by atoms with E-state index in [0.717, 1.165) is 5.56 Å². The van der Waals surface area contributed by atoms with Crippen LogP contribution in [0.15, 0.2) is 54.6 Å². The van der Waals surface area contributed by atoms with Gasteiger partial charge in [-0.1, -0.05) is 68.4 Å². The molecule has 0 radical (unpaired) electrons. The van der Waals surface area contributed by atoms with Crippen LogP contribution in [0, 0.1) is 5.92 Å². The van der Waals surface area contributed by atoms with Gasteiger partial charge in [0.05, 0.1) is 5.56 Å². The summed E-state index contributed by atoms with van der Waals surface area (Å²) >= 11 is 0. The second-order valence-electron chi connectivity index (χ2n) is 7.28. The summed E-state index contributed by atoms with van der Waals surface area (Å²) in [6.07, 6.45) is -1.15. The van der Waals surface area contributed by atoms with Crippen molar-refractivity contribution in [2.75, 3.05) is 7.11 Å². The molecule has 2 aliphatic rings. The molecular formula is C22H22O6. The molecular weight excluding hydrogens is 360 g/mol. The first-order chi connectivity index (χ1) is 13.4. The molecule has 1 fully saturated rings. The largest absolute Gasteiger partial charge is 0.459 e. The van der Waals surface area contributed by atoms with Crippen molar-refractivity contribution < 1.29 is 28.5 Å². The highest BCUT2D eigenvalue weighted by atomic mass is 16.9. The number of carbonyl (C=O) groups is 2. The topological polar surface area (TPSA) is 71.1 Å². The Morgan fingerprint density at radius 1 is 1.11 bits per heavy atom. The van der Waals surface area contributed by atoms with Gasteiger partial charge in [-0.2, -0.15) is 0 Å². The van der Waals surface area contributed by atoms with Gasteiger partial charge in [0.25, 0.3) is 0 Å². The SMILES string of the molecule is CO[C@]12O[C@H](C(=O)c3ccccc31)[C@@](C(=O)OCc1ccccc1)(C(C)C)O2. The third-order valence-electron chi connectivity index (χ3n) is 5.38. The third kappa shape index (κ3) is 2.60. The minimum Gasteiger partial charge on any atom is -0.459 e. The van der Waals surface area contributed by atoms with Crippen molar-refractivity contribution in [2.24, 2.45) is 5.92 Å². The normalized spacial score (nSPS) is 28.3. The molecule has 0 saturated carbocycles. The van der Waals surface area contributed by atoms with Crippen molar-refractivity contribution in [3.63, 3.8) is 0 Å². The fourth-order valence-corrected chi connectivity index (χ4v) is 3.86. The lowest BCUT2D eigenvalue weighted by Crippen LogP contribution is -2.55. The lowest BCUT2D eigenvalue weighted by atomic mass is 9.81. The zero-order chi connectivity index (χ0) is 19.9. The Hall–Kier alpha value is -2.54. The smallest absolute Gasteiger partial charge is 0.342 e. The maximum atomic E-state index is 13.2. The average molecular weight is 382 g/mol. The Morgan fingerprint density at radius 2 is 1.79 bits per heavy atom. The van der Waals surface area contributed by atoms with Crippen LogP contribution in [0.3, 0.4) is 0 Å². The summed E-state index contributed by atoms with van der Waals surface area (Å²) in [6, 6.07) is 16.3. The van der Waals surface area contributed by atoms with Gasteiger partial charge < -0.3 is 18.9 Å². The molecule has 3 atom stereocenters. The average Bonchev–Trinajstić information content (AvgIpc) is 3.06. The Kier molecular flexibility index (Phi) is 4.57. The molecule has 0 aromatic heterocycles. The molecule has 2 aromatic rings. The monoisotopic (exact) mass is 382 g/mol. The Morgan fingerprint density at radius 3 is 2.46 bits per heavy atom. The van der Waals surface area contributed by atoms with E-state index in [4.69, 9.17) is 18.9 Å². The first-order valence-corrected chi connectivity index (χ1v) is 9.22. The van der Waals surface area contributed by atoms with Gasteiger partial charge in [0.1, 0.15) is 6.61 Å². The Bertz CT molecular complexity index is 908. The number of hydrogen-bond acceptors (Lipinski definition) is 6. The van der Waals surface area contributed by atoms with Crippen LogP contribution in [0.4, 0.5) is 0 Å². The first-order valence-electron chi connectivity index (χ1n) is 9.22. The van der Waals surface area contributed by atoms with Crippen molar-refractivity contribution in [1.29, 1.82) is 0 Å². The van der Waals surface area contributed by atoms with Gasteiger partial charge in [-0.15, -0.1) is 0 Å². The molecule has 28 heavy (non-hydrogen) atoms. The van der Waals surface area contributed by atoms with Crippen molar-refractivity contribution in [3.05, 3.63) is 71.3 Å². The summed E-state index contributed by atoms with van der Waals surface area (Å²) < 4.78 is 23.2. The van der Waals surface area contributed by atoms with Crippen LogP contribution in [0.2, 0.25) is 0 Å². The second-order valence-corrected chi connectivity index (χ2v) is 7.28. The predicted molar refractivity (Wildman–Crippen MR) is 99.2 cm³/mol. The van der Waals surface area contributed by atoms with E-state index in [1.54, 1.807) is 38.1 Å². The van der Waals surface area contributed by atoms with Gasteiger partial charge in [-0.25, -0.2) is 4.79 Å². The van der Waals surface area contributed by atoms with E-state index < -0.39 is 29.6 Å². The number of rotatable bonds is 5. The quantitative estimate of drug-likeness (QED) is 0.740. The Labute approximate surface area is 163 Å². The Balaban J connectivity index is 1.72. The molecule has 1 saturated heterocycles. The lowest BCUT2D eigenvalue weighted by Gasteiger charge is -2.32. The van der Waals surface area contributed by atoms with Crippen LogP contribution >= 0.6 is 0 Å². The van der Waals surface area contributed by atoms with Gasteiger partial charge in [0.15, 0.2) is 11.9 Å². The van der Waals surface area contributed by atoms with E-state index in [9.17, 15) is 9.59 Å². The van der Waals surface area contributed by atoms with Crippen molar-refractivity contribution in [2.45, 2.75) is 38.1 Å². The number of ketones is 1. The van der Waals surface area contributed by atoms with Crippen LogP contribution in [0.1, 0.15) is 35.3 Å². The molecule has 0 aliphatic carbocycles. The zero-order valence-electron chi connectivity index (χ0n) is 16.0.